The second-order valence-electron chi connectivity index (χ2n) is 6.65. The molecule has 1 aromatic heterocycles. The van der Waals surface area contributed by atoms with Crippen molar-refractivity contribution >= 4 is 44.2 Å². The number of carbonyl (C=O) groups excluding carboxylic acids is 1. The molecule has 0 atom stereocenters. The van der Waals surface area contributed by atoms with Crippen LogP contribution in [0.5, 0.6) is 0 Å². The largest absolute Gasteiger partial charge is 0.311 e. The first kappa shape index (κ1) is 16.0. The molecule has 1 aliphatic rings. The van der Waals surface area contributed by atoms with Gasteiger partial charge in [0.15, 0.2) is 0 Å². The highest BCUT2D eigenvalue weighted by atomic mass is 32.1. The van der Waals surface area contributed by atoms with Gasteiger partial charge < -0.3 is 4.90 Å². The van der Waals surface area contributed by atoms with E-state index in [0.717, 1.165) is 32.8 Å². The Labute approximate surface area is 162 Å². The van der Waals surface area contributed by atoms with Crippen molar-refractivity contribution in [1.82, 2.24) is 0 Å². The molecular formula is C24H17NOS. The van der Waals surface area contributed by atoms with E-state index in [9.17, 15) is 4.79 Å². The highest BCUT2D eigenvalue weighted by molar-refractivity contribution is 7.20. The molecule has 0 fully saturated rings. The van der Waals surface area contributed by atoms with Gasteiger partial charge >= 0.3 is 0 Å². The van der Waals surface area contributed by atoms with E-state index in [1.54, 1.807) is 16.2 Å². The SMILES string of the molecule is CN1C(=O)/C(=C(\c2ccccc2)c2cc3ccccc3s2)c2ccccc21. The number of hydrogen-bond donors (Lipinski definition) is 0. The minimum Gasteiger partial charge on any atom is -0.311 e. The monoisotopic (exact) mass is 367 g/mol. The number of carbonyl (C=O) groups is 1. The lowest BCUT2D eigenvalue weighted by Crippen LogP contribution is -2.20. The number of nitrogens with zero attached hydrogens (tertiary/aromatic N) is 1. The topological polar surface area (TPSA) is 20.3 Å². The number of amides is 1. The second kappa shape index (κ2) is 6.22. The average molecular weight is 367 g/mol. The Bertz CT molecular complexity index is 1170. The summed E-state index contributed by atoms with van der Waals surface area (Å²) in [7, 11) is 1.85. The first-order valence-electron chi connectivity index (χ1n) is 8.90. The summed E-state index contributed by atoms with van der Waals surface area (Å²) in [6, 6.07) is 28.8. The van der Waals surface area contributed by atoms with Gasteiger partial charge in [0.25, 0.3) is 5.91 Å². The molecule has 130 valence electrons. The Balaban J connectivity index is 1.86. The number of fused-ring (bicyclic) bond motifs is 2. The summed E-state index contributed by atoms with van der Waals surface area (Å²) in [6.45, 7) is 0. The summed E-state index contributed by atoms with van der Waals surface area (Å²) >= 11 is 1.74. The van der Waals surface area contributed by atoms with E-state index in [2.05, 4.69) is 42.5 Å². The standard InChI is InChI=1S/C24H17NOS/c1-25-19-13-7-6-12-18(19)23(24(25)26)22(16-9-3-2-4-10-16)21-15-17-11-5-8-14-20(17)27-21/h2-15H,1H3/b23-22+. The molecule has 0 unspecified atom stereocenters. The third kappa shape index (κ3) is 2.51. The number of rotatable bonds is 2. The van der Waals surface area contributed by atoms with Gasteiger partial charge in [-0.3, -0.25) is 4.79 Å². The highest BCUT2D eigenvalue weighted by Gasteiger charge is 2.33. The van der Waals surface area contributed by atoms with Crippen LogP contribution in [0.3, 0.4) is 0 Å². The Hall–Kier alpha value is -3.17. The van der Waals surface area contributed by atoms with Crippen LogP contribution in [0.4, 0.5) is 5.69 Å². The number of anilines is 1. The van der Waals surface area contributed by atoms with Crippen molar-refractivity contribution in [1.29, 1.82) is 0 Å². The summed E-state index contributed by atoms with van der Waals surface area (Å²) in [5.74, 6) is 0.0486. The van der Waals surface area contributed by atoms with Crippen molar-refractivity contribution in [3.05, 3.63) is 101 Å². The molecule has 3 aromatic carbocycles. The number of thiophene rings is 1. The molecule has 0 aliphatic carbocycles. The Morgan fingerprint density at radius 2 is 1.56 bits per heavy atom. The van der Waals surface area contributed by atoms with E-state index in [0.29, 0.717) is 0 Å². The maximum Gasteiger partial charge on any atom is 0.259 e. The summed E-state index contributed by atoms with van der Waals surface area (Å²) in [5, 5.41) is 1.21. The van der Waals surface area contributed by atoms with Gasteiger partial charge in [-0.25, -0.2) is 0 Å². The molecule has 3 heteroatoms. The molecule has 1 aliphatic heterocycles. The second-order valence-corrected chi connectivity index (χ2v) is 7.73. The van der Waals surface area contributed by atoms with Crippen LogP contribution in [0.15, 0.2) is 84.9 Å². The Morgan fingerprint density at radius 3 is 2.37 bits per heavy atom. The van der Waals surface area contributed by atoms with E-state index in [1.165, 1.54) is 10.1 Å². The maximum absolute atomic E-state index is 13.2. The van der Waals surface area contributed by atoms with E-state index in [-0.39, 0.29) is 5.91 Å². The summed E-state index contributed by atoms with van der Waals surface area (Å²) in [4.78, 5) is 16.1. The lowest BCUT2D eigenvalue weighted by atomic mass is 9.94. The molecule has 2 nitrogen and oxygen atoms in total. The maximum atomic E-state index is 13.2. The summed E-state index contributed by atoms with van der Waals surface area (Å²) in [6.07, 6.45) is 0. The van der Waals surface area contributed by atoms with Crippen LogP contribution >= 0.6 is 11.3 Å². The van der Waals surface area contributed by atoms with E-state index < -0.39 is 0 Å². The van der Waals surface area contributed by atoms with Gasteiger partial charge in [-0.1, -0.05) is 66.7 Å². The molecule has 27 heavy (non-hydrogen) atoms. The minimum absolute atomic E-state index is 0.0486. The molecule has 4 aromatic rings. The van der Waals surface area contributed by atoms with Gasteiger partial charge in [-0.05, 0) is 29.1 Å². The zero-order valence-electron chi connectivity index (χ0n) is 14.8. The lowest BCUT2D eigenvalue weighted by Gasteiger charge is -2.11. The molecule has 1 amide bonds. The number of hydrogen-bond acceptors (Lipinski definition) is 2. The van der Waals surface area contributed by atoms with Gasteiger partial charge in [0.1, 0.15) is 0 Å². The normalized spacial score (nSPS) is 15.3. The first-order valence-corrected chi connectivity index (χ1v) is 9.72. The number of benzene rings is 3. The van der Waals surface area contributed by atoms with Crippen LogP contribution in [0.2, 0.25) is 0 Å². The van der Waals surface area contributed by atoms with Crippen molar-refractivity contribution in [2.45, 2.75) is 0 Å². The van der Waals surface area contributed by atoms with Gasteiger partial charge in [0.2, 0.25) is 0 Å². The number of para-hydroxylation sites is 1. The molecule has 0 bridgehead atoms. The van der Waals surface area contributed by atoms with Crippen LogP contribution < -0.4 is 4.90 Å². The van der Waals surface area contributed by atoms with E-state index in [1.807, 2.05) is 49.5 Å². The zero-order valence-corrected chi connectivity index (χ0v) is 15.7. The van der Waals surface area contributed by atoms with Gasteiger partial charge in [-0.15, -0.1) is 11.3 Å². The smallest absolute Gasteiger partial charge is 0.259 e. The zero-order chi connectivity index (χ0) is 18.4. The Kier molecular flexibility index (Phi) is 3.69. The van der Waals surface area contributed by atoms with E-state index >= 15 is 0 Å². The van der Waals surface area contributed by atoms with Crippen molar-refractivity contribution in [2.24, 2.45) is 0 Å². The van der Waals surface area contributed by atoms with Crippen molar-refractivity contribution in [3.63, 3.8) is 0 Å². The quantitative estimate of drug-likeness (QED) is 0.408. The molecular weight excluding hydrogens is 350 g/mol. The summed E-state index contributed by atoms with van der Waals surface area (Å²) in [5.41, 5.74) is 4.83. The van der Waals surface area contributed by atoms with Crippen LogP contribution in [-0.2, 0) is 4.79 Å². The minimum atomic E-state index is 0.0486. The number of likely N-dealkylation sites (N-methyl/N-ethyl adjacent to an activating group) is 1. The van der Waals surface area contributed by atoms with E-state index in [4.69, 9.17) is 0 Å². The van der Waals surface area contributed by atoms with Crippen LogP contribution in [-0.4, -0.2) is 13.0 Å². The molecule has 0 radical (unpaired) electrons. The third-order valence-electron chi connectivity index (χ3n) is 5.04. The molecule has 5 rings (SSSR count). The fourth-order valence-corrected chi connectivity index (χ4v) is 4.87. The van der Waals surface area contributed by atoms with Gasteiger partial charge in [-0.2, -0.15) is 0 Å². The molecule has 0 spiro atoms. The predicted molar refractivity (Wildman–Crippen MR) is 114 cm³/mol. The van der Waals surface area contributed by atoms with Crippen molar-refractivity contribution in [3.8, 4) is 0 Å². The van der Waals surface area contributed by atoms with Crippen LogP contribution in [0.1, 0.15) is 16.0 Å². The first-order chi connectivity index (χ1) is 13.2. The van der Waals surface area contributed by atoms with Crippen LogP contribution in [0, 0.1) is 0 Å². The predicted octanol–water partition coefficient (Wildman–Crippen LogP) is 5.84. The van der Waals surface area contributed by atoms with Crippen molar-refractivity contribution in [2.75, 3.05) is 11.9 Å². The molecule has 0 saturated heterocycles. The lowest BCUT2D eigenvalue weighted by molar-refractivity contribution is -0.112. The Morgan fingerprint density at radius 1 is 0.852 bits per heavy atom. The fraction of sp³-hybridized carbons (Fsp3) is 0.0417. The molecule has 0 N–H and O–H groups in total. The van der Waals surface area contributed by atoms with Crippen LogP contribution in [0.25, 0.3) is 21.2 Å². The van der Waals surface area contributed by atoms with Gasteiger partial charge in [0, 0.05) is 27.8 Å². The van der Waals surface area contributed by atoms with Gasteiger partial charge in [0.05, 0.1) is 11.3 Å². The highest BCUT2D eigenvalue weighted by Crippen LogP contribution is 2.44. The third-order valence-corrected chi connectivity index (χ3v) is 6.17. The fourth-order valence-electron chi connectivity index (χ4n) is 3.73. The molecule has 0 saturated carbocycles. The van der Waals surface area contributed by atoms with Crippen molar-refractivity contribution < 1.29 is 4.79 Å². The summed E-state index contributed by atoms with van der Waals surface area (Å²) < 4.78 is 1.23. The molecule has 2 heterocycles. The average Bonchev–Trinajstić information content (AvgIpc) is 3.24.